The fourth-order valence-corrected chi connectivity index (χ4v) is 4.07. The van der Waals surface area contributed by atoms with E-state index in [0.29, 0.717) is 10.9 Å². The number of thiazole rings is 1. The van der Waals surface area contributed by atoms with E-state index in [0.717, 1.165) is 20.6 Å². The lowest BCUT2D eigenvalue weighted by Crippen LogP contribution is -2.13. The van der Waals surface area contributed by atoms with Crippen molar-refractivity contribution in [2.75, 3.05) is 11.1 Å². The van der Waals surface area contributed by atoms with Crippen LogP contribution in [0.5, 0.6) is 0 Å². The van der Waals surface area contributed by atoms with Crippen LogP contribution >= 0.6 is 34.4 Å². The van der Waals surface area contributed by atoms with Crippen molar-refractivity contribution in [3.63, 3.8) is 0 Å². The van der Waals surface area contributed by atoms with Crippen molar-refractivity contribution in [1.82, 2.24) is 15.2 Å². The molecule has 1 N–H and O–H groups in total. The highest BCUT2D eigenvalue weighted by Crippen LogP contribution is 2.26. The Morgan fingerprint density at radius 2 is 2.09 bits per heavy atom. The molecule has 0 aliphatic carbocycles. The molecule has 1 amide bonds. The highest BCUT2D eigenvalue weighted by atomic mass is 32.2. The van der Waals surface area contributed by atoms with E-state index in [4.69, 9.17) is 0 Å². The normalized spacial score (nSPS) is 10.6. The van der Waals surface area contributed by atoms with Crippen LogP contribution in [0, 0.1) is 6.92 Å². The van der Waals surface area contributed by atoms with Crippen molar-refractivity contribution in [2.45, 2.75) is 11.3 Å². The number of benzene rings is 1. The first-order valence-corrected chi connectivity index (χ1v) is 9.12. The smallest absolute Gasteiger partial charge is 0.236 e. The summed E-state index contributed by atoms with van der Waals surface area (Å²) < 4.78 is 0.898. The third-order valence-electron chi connectivity index (χ3n) is 2.62. The van der Waals surface area contributed by atoms with Gasteiger partial charge in [0.2, 0.25) is 11.0 Å². The van der Waals surface area contributed by atoms with Crippen molar-refractivity contribution >= 4 is 45.5 Å². The standard InChI is InChI=1S/C14H12N4OS3/c1-9-7-20-14(15-9)21-8-11(19)16-13-18-17-12(22-13)10-5-3-2-4-6-10/h2-7H,8H2,1H3,(H,16,18,19). The monoisotopic (exact) mass is 348 g/mol. The summed E-state index contributed by atoms with van der Waals surface area (Å²) in [5.74, 6) is 0.210. The van der Waals surface area contributed by atoms with Crippen LogP contribution in [-0.4, -0.2) is 26.8 Å². The van der Waals surface area contributed by atoms with Gasteiger partial charge in [0.15, 0.2) is 4.34 Å². The van der Waals surface area contributed by atoms with Gasteiger partial charge in [-0.3, -0.25) is 10.1 Å². The molecule has 8 heteroatoms. The highest BCUT2D eigenvalue weighted by molar-refractivity contribution is 8.01. The molecule has 3 rings (SSSR count). The molecule has 0 saturated carbocycles. The van der Waals surface area contributed by atoms with Gasteiger partial charge in [-0.15, -0.1) is 21.5 Å². The number of aryl methyl sites for hydroxylation is 1. The van der Waals surface area contributed by atoms with E-state index in [9.17, 15) is 4.79 Å². The van der Waals surface area contributed by atoms with E-state index in [1.54, 1.807) is 11.3 Å². The first kappa shape index (κ1) is 15.1. The number of anilines is 1. The highest BCUT2D eigenvalue weighted by Gasteiger charge is 2.10. The third-order valence-corrected chi connectivity index (χ3v) is 5.64. The van der Waals surface area contributed by atoms with Gasteiger partial charge in [0, 0.05) is 16.6 Å². The zero-order valence-electron chi connectivity index (χ0n) is 11.6. The Bertz CT molecular complexity index is 769. The minimum Gasteiger partial charge on any atom is -0.300 e. The maximum Gasteiger partial charge on any atom is 0.236 e. The number of amides is 1. The number of carbonyl (C=O) groups excluding carboxylic acids is 1. The van der Waals surface area contributed by atoms with Crippen LogP contribution in [0.25, 0.3) is 10.6 Å². The Hall–Kier alpha value is -1.77. The zero-order chi connectivity index (χ0) is 15.4. The molecule has 1 aromatic carbocycles. The molecule has 112 valence electrons. The molecule has 3 aromatic rings. The second-order valence-corrected chi connectivity index (χ2v) is 7.43. The molecule has 0 atom stereocenters. The summed E-state index contributed by atoms with van der Waals surface area (Å²) >= 11 is 4.33. The lowest BCUT2D eigenvalue weighted by molar-refractivity contribution is -0.113. The molecular weight excluding hydrogens is 336 g/mol. The Morgan fingerprint density at radius 3 is 2.82 bits per heavy atom. The molecule has 5 nitrogen and oxygen atoms in total. The summed E-state index contributed by atoms with van der Waals surface area (Å²) in [5.41, 5.74) is 1.97. The van der Waals surface area contributed by atoms with Crippen LogP contribution in [0.15, 0.2) is 40.1 Å². The number of aromatic nitrogens is 3. The van der Waals surface area contributed by atoms with Gasteiger partial charge >= 0.3 is 0 Å². The summed E-state index contributed by atoms with van der Waals surface area (Å²) in [6, 6.07) is 9.77. The van der Waals surface area contributed by atoms with Crippen molar-refractivity contribution < 1.29 is 4.79 Å². The van der Waals surface area contributed by atoms with Crippen LogP contribution in [0.3, 0.4) is 0 Å². The Kier molecular flexibility index (Phi) is 4.81. The molecule has 0 aliphatic rings. The van der Waals surface area contributed by atoms with Crippen LogP contribution in [-0.2, 0) is 4.79 Å². The molecule has 0 fully saturated rings. The van der Waals surface area contributed by atoms with Gasteiger partial charge in [-0.2, -0.15) is 0 Å². The summed E-state index contributed by atoms with van der Waals surface area (Å²) in [7, 11) is 0. The fourth-order valence-electron chi connectivity index (χ4n) is 1.65. The molecule has 2 heterocycles. The van der Waals surface area contributed by atoms with Crippen molar-refractivity contribution in [3.8, 4) is 10.6 Å². The lowest BCUT2D eigenvalue weighted by Gasteiger charge is -1.98. The van der Waals surface area contributed by atoms with Crippen molar-refractivity contribution in [1.29, 1.82) is 0 Å². The van der Waals surface area contributed by atoms with Crippen molar-refractivity contribution in [3.05, 3.63) is 41.4 Å². The molecule has 0 spiro atoms. The first-order chi connectivity index (χ1) is 10.7. The van der Waals surface area contributed by atoms with E-state index < -0.39 is 0 Å². The maximum absolute atomic E-state index is 11.9. The van der Waals surface area contributed by atoms with Crippen LogP contribution in [0.2, 0.25) is 0 Å². The Morgan fingerprint density at radius 1 is 1.27 bits per heavy atom. The van der Waals surface area contributed by atoms with Crippen LogP contribution < -0.4 is 5.32 Å². The van der Waals surface area contributed by atoms with Gasteiger partial charge in [-0.25, -0.2) is 4.98 Å². The van der Waals surface area contributed by atoms with Crippen LogP contribution in [0.1, 0.15) is 5.69 Å². The topological polar surface area (TPSA) is 67.8 Å². The first-order valence-electron chi connectivity index (χ1n) is 6.44. The number of hydrogen-bond acceptors (Lipinski definition) is 7. The van der Waals surface area contributed by atoms with E-state index in [1.807, 2.05) is 42.6 Å². The third kappa shape index (κ3) is 3.90. The second-order valence-electron chi connectivity index (χ2n) is 4.37. The molecule has 0 aliphatic heterocycles. The van der Waals surface area contributed by atoms with E-state index >= 15 is 0 Å². The molecule has 0 saturated heterocycles. The number of carbonyl (C=O) groups is 1. The lowest BCUT2D eigenvalue weighted by atomic mass is 10.2. The zero-order valence-corrected chi connectivity index (χ0v) is 14.1. The Labute approximate surface area is 139 Å². The van der Waals surface area contributed by atoms with Crippen molar-refractivity contribution in [2.24, 2.45) is 0 Å². The Balaban J connectivity index is 1.57. The maximum atomic E-state index is 11.9. The largest absolute Gasteiger partial charge is 0.300 e. The number of thioether (sulfide) groups is 1. The number of hydrogen-bond donors (Lipinski definition) is 1. The predicted molar refractivity (Wildman–Crippen MR) is 91.5 cm³/mol. The number of nitrogens with one attached hydrogen (secondary N) is 1. The minimum absolute atomic E-state index is 0.103. The minimum atomic E-state index is -0.103. The predicted octanol–water partition coefficient (Wildman–Crippen LogP) is 3.70. The van der Waals surface area contributed by atoms with Gasteiger partial charge in [-0.05, 0) is 6.92 Å². The van der Waals surface area contributed by atoms with Gasteiger partial charge in [0.25, 0.3) is 0 Å². The molecule has 0 radical (unpaired) electrons. The number of rotatable bonds is 5. The summed E-state index contributed by atoms with van der Waals surface area (Å²) in [6.45, 7) is 1.94. The summed E-state index contributed by atoms with van der Waals surface area (Å²) in [6.07, 6.45) is 0. The average Bonchev–Trinajstić information content (AvgIpc) is 3.15. The second kappa shape index (κ2) is 6.99. The summed E-state index contributed by atoms with van der Waals surface area (Å²) in [5, 5.41) is 14.1. The van der Waals surface area contributed by atoms with E-state index in [-0.39, 0.29) is 5.91 Å². The van der Waals surface area contributed by atoms with Gasteiger partial charge in [0.05, 0.1) is 5.75 Å². The molecule has 2 aromatic heterocycles. The SMILES string of the molecule is Cc1csc(SCC(=O)Nc2nnc(-c3ccccc3)s2)n1. The molecule has 0 unspecified atom stereocenters. The quantitative estimate of drug-likeness (QED) is 0.712. The van der Waals surface area contributed by atoms with Gasteiger partial charge in [0.1, 0.15) is 5.01 Å². The molecule has 0 bridgehead atoms. The number of nitrogens with zero attached hydrogens (tertiary/aromatic N) is 3. The summed E-state index contributed by atoms with van der Waals surface area (Å²) in [4.78, 5) is 16.2. The van der Waals surface area contributed by atoms with Gasteiger partial charge in [-0.1, -0.05) is 53.4 Å². The van der Waals surface area contributed by atoms with E-state index in [2.05, 4.69) is 20.5 Å². The average molecular weight is 348 g/mol. The molecular formula is C14H12N4OS3. The van der Waals surface area contributed by atoms with Crippen LogP contribution in [0.4, 0.5) is 5.13 Å². The van der Waals surface area contributed by atoms with Gasteiger partial charge < -0.3 is 0 Å². The fraction of sp³-hybridized carbons (Fsp3) is 0.143. The van der Waals surface area contributed by atoms with E-state index in [1.165, 1.54) is 23.1 Å². The molecule has 22 heavy (non-hydrogen) atoms.